The third-order valence-corrected chi connectivity index (χ3v) is 4.47. The van der Waals surface area contributed by atoms with Crippen molar-refractivity contribution in [1.29, 1.82) is 0 Å². The first-order valence-electron chi connectivity index (χ1n) is 7.20. The van der Waals surface area contributed by atoms with Crippen molar-refractivity contribution in [2.75, 3.05) is 13.2 Å². The fraction of sp³-hybridized carbons (Fsp3) is 0.929. The molecule has 0 aromatic carbocycles. The van der Waals surface area contributed by atoms with E-state index in [1.54, 1.807) is 0 Å². The van der Waals surface area contributed by atoms with E-state index in [0.717, 1.165) is 13.0 Å². The first kappa shape index (κ1) is 13.0. The predicted molar refractivity (Wildman–Crippen MR) is 67.8 cm³/mol. The first-order valence-corrected chi connectivity index (χ1v) is 7.20. The highest BCUT2D eigenvalue weighted by molar-refractivity contribution is 5.83. The Morgan fingerprint density at radius 2 is 1.82 bits per heavy atom. The molecule has 2 fully saturated rings. The van der Waals surface area contributed by atoms with Crippen molar-refractivity contribution in [3.63, 3.8) is 0 Å². The fourth-order valence-electron chi connectivity index (χ4n) is 3.60. The number of ketones is 1. The number of carbonyl (C=O) groups excluding carboxylic acids is 1. The maximum atomic E-state index is 12.0. The van der Waals surface area contributed by atoms with Crippen LogP contribution < -0.4 is 5.32 Å². The number of rotatable bonds is 4. The van der Waals surface area contributed by atoms with E-state index in [-0.39, 0.29) is 18.3 Å². The molecule has 17 heavy (non-hydrogen) atoms. The van der Waals surface area contributed by atoms with Crippen LogP contribution in [0.4, 0.5) is 0 Å². The molecule has 1 aliphatic heterocycles. The van der Waals surface area contributed by atoms with Crippen molar-refractivity contribution in [1.82, 2.24) is 5.32 Å². The normalized spacial score (nSPS) is 28.9. The van der Waals surface area contributed by atoms with Gasteiger partial charge in [0.1, 0.15) is 6.61 Å². The van der Waals surface area contributed by atoms with Crippen LogP contribution in [-0.2, 0) is 4.79 Å². The minimum absolute atomic E-state index is 0.0660. The smallest absolute Gasteiger partial charge is 0.163 e. The van der Waals surface area contributed by atoms with Gasteiger partial charge >= 0.3 is 0 Å². The fourth-order valence-corrected chi connectivity index (χ4v) is 3.60. The highest BCUT2D eigenvalue weighted by Crippen LogP contribution is 2.34. The zero-order chi connectivity index (χ0) is 12.1. The molecular formula is C14H25NO2. The molecule has 1 aliphatic carbocycles. The van der Waals surface area contributed by atoms with Gasteiger partial charge in [0.15, 0.2) is 5.78 Å². The Bertz CT molecular complexity index is 225. The van der Waals surface area contributed by atoms with Gasteiger partial charge in [0, 0.05) is 12.0 Å². The van der Waals surface area contributed by atoms with Crippen LogP contribution in [0.5, 0.6) is 0 Å². The lowest BCUT2D eigenvalue weighted by Gasteiger charge is -2.37. The van der Waals surface area contributed by atoms with Crippen molar-refractivity contribution < 1.29 is 9.90 Å². The highest BCUT2D eigenvalue weighted by Gasteiger charge is 2.35. The molecule has 1 saturated carbocycles. The molecule has 3 nitrogen and oxygen atoms in total. The van der Waals surface area contributed by atoms with E-state index in [4.69, 9.17) is 0 Å². The summed E-state index contributed by atoms with van der Waals surface area (Å²) in [6.45, 7) is 0.756. The van der Waals surface area contributed by atoms with E-state index in [2.05, 4.69) is 5.32 Å². The lowest BCUT2D eigenvalue weighted by atomic mass is 9.73. The monoisotopic (exact) mass is 239 g/mol. The Kier molecular flexibility index (Phi) is 4.99. The lowest BCUT2D eigenvalue weighted by Crippen LogP contribution is -2.47. The van der Waals surface area contributed by atoms with E-state index in [1.165, 1.54) is 44.9 Å². The van der Waals surface area contributed by atoms with E-state index in [1.807, 2.05) is 0 Å². The summed E-state index contributed by atoms with van der Waals surface area (Å²) < 4.78 is 0. The summed E-state index contributed by atoms with van der Waals surface area (Å²) in [6, 6.07) is 0.325. The Labute approximate surface area is 104 Å². The number of Topliss-reactive ketones (excluding diaryl/α,β-unsaturated/α-hetero) is 1. The second-order valence-corrected chi connectivity index (χ2v) is 5.60. The molecule has 2 N–H and O–H groups in total. The van der Waals surface area contributed by atoms with E-state index >= 15 is 0 Å². The van der Waals surface area contributed by atoms with Gasteiger partial charge < -0.3 is 10.4 Å². The molecule has 98 valence electrons. The molecule has 2 rings (SSSR count). The van der Waals surface area contributed by atoms with Crippen LogP contribution >= 0.6 is 0 Å². The average molecular weight is 239 g/mol. The number of piperidine rings is 1. The SMILES string of the molecule is O=C(CO)C(C1CCCCC1)C1CCCCN1. The number of carbonyl (C=O) groups is 1. The van der Waals surface area contributed by atoms with Gasteiger partial charge in [0.05, 0.1) is 0 Å². The van der Waals surface area contributed by atoms with E-state index in [9.17, 15) is 9.90 Å². The van der Waals surface area contributed by atoms with Gasteiger partial charge in [-0.1, -0.05) is 25.7 Å². The van der Waals surface area contributed by atoms with Gasteiger partial charge in [-0.05, 0) is 38.1 Å². The number of hydrogen-bond donors (Lipinski definition) is 2. The van der Waals surface area contributed by atoms with Crippen LogP contribution in [0.2, 0.25) is 0 Å². The van der Waals surface area contributed by atoms with E-state index < -0.39 is 0 Å². The predicted octanol–water partition coefficient (Wildman–Crippen LogP) is 1.89. The first-order chi connectivity index (χ1) is 8.33. The van der Waals surface area contributed by atoms with Gasteiger partial charge in [-0.2, -0.15) is 0 Å². The summed E-state index contributed by atoms with van der Waals surface area (Å²) in [6.07, 6.45) is 9.73. The van der Waals surface area contributed by atoms with Crippen molar-refractivity contribution in [3.8, 4) is 0 Å². The summed E-state index contributed by atoms with van der Waals surface area (Å²) in [5.74, 6) is 0.649. The number of nitrogens with one attached hydrogen (secondary N) is 1. The third-order valence-electron chi connectivity index (χ3n) is 4.47. The third kappa shape index (κ3) is 3.29. The molecule has 0 bridgehead atoms. The van der Waals surface area contributed by atoms with Gasteiger partial charge in [-0.3, -0.25) is 4.79 Å². The maximum Gasteiger partial charge on any atom is 0.163 e. The molecule has 1 saturated heterocycles. The van der Waals surface area contributed by atoms with Crippen LogP contribution in [0.25, 0.3) is 0 Å². The van der Waals surface area contributed by atoms with Crippen molar-refractivity contribution in [2.24, 2.45) is 11.8 Å². The maximum absolute atomic E-state index is 12.0. The Morgan fingerprint density at radius 1 is 1.12 bits per heavy atom. The van der Waals surface area contributed by atoms with Crippen LogP contribution in [-0.4, -0.2) is 30.1 Å². The van der Waals surface area contributed by atoms with Crippen molar-refractivity contribution in [3.05, 3.63) is 0 Å². The van der Waals surface area contributed by atoms with Gasteiger partial charge in [0.25, 0.3) is 0 Å². The average Bonchev–Trinajstić information content (AvgIpc) is 2.41. The minimum atomic E-state index is -0.278. The summed E-state index contributed by atoms with van der Waals surface area (Å²) in [7, 11) is 0. The minimum Gasteiger partial charge on any atom is -0.389 e. The molecule has 2 unspecified atom stereocenters. The molecule has 0 spiro atoms. The molecular weight excluding hydrogens is 214 g/mol. The number of aliphatic hydroxyl groups excluding tert-OH is 1. The molecule has 2 aliphatic rings. The van der Waals surface area contributed by atoms with Gasteiger partial charge in [-0.25, -0.2) is 0 Å². The second kappa shape index (κ2) is 6.50. The van der Waals surface area contributed by atoms with E-state index in [0.29, 0.717) is 12.0 Å². The van der Waals surface area contributed by atoms with Crippen molar-refractivity contribution in [2.45, 2.75) is 57.4 Å². The number of aliphatic hydroxyl groups is 1. The standard InChI is InChI=1S/C14H25NO2/c16-10-13(17)14(11-6-2-1-3-7-11)12-8-4-5-9-15-12/h11-12,14-16H,1-10H2. The van der Waals surface area contributed by atoms with Gasteiger partial charge in [0.2, 0.25) is 0 Å². The zero-order valence-corrected chi connectivity index (χ0v) is 10.7. The molecule has 1 heterocycles. The Balaban J connectivity index is 2.02. The second-order valence-electron chi connectivity index (χ2n) is 5.60. The van der Waals surface area contributed by atoms with Crippen molar-refractivity contribution >= 4 is 5.78 Å². The molecule has 0 radical (unpaired) electrons. The van der Waals surface area contributed by atoms with Crippen LogP contribution in [0.15, 0.2) is 0 Å². The van der Waals surface area contributed by atoms with Crippen LogP contribution in [0.1, 0.15) is 51.4 Å². The summed E-state index contributed by atoms with van der Waals surface area (Å²) in [5, 5.41) is 12.7. The summed E-state index contributed by atoms with van der Waals surface area (Å²) >= 11 is 0. The highest BCUT2D eigenvalue weighted by atomic mass is 16.3. The van der Waals surface area contributed by atoms with Gasteiger partial charge in [-0.15, -0.1) is 0 Å². The largest absolute Gasteiger partial charge is 0.389 e. The van der Waals surface area contributed by atoms with Crippen LogP contribution in [0.3, 0.4) is 0 Å². The molecule has 0 aromatic rings. The topological polar surface area (TPSA) is 49.3 Å². The number of hydrogen-bond acceptors (Lipinski definition) is 3. The quantitative estimate of drug-likeness (QED) is 0.787. The molecule has 2 atom stereocenters. The summed E-state index contributed by atoms with van der Waals surface area (Å²) in [5.41, 5.74) is 0. The van der Waals surface area contributed by atoms with Crippen LogP contribution in [0, 0.1) is 11.8 Å². The zero-order valence-electron chi connectivity index (χ0n) is 10.7. The molecule has 3 heteroatoms. The summed E-state index contributed by atoms with van der Waals surface area (Å²) in [4.78, 5) is 12.0. The molecule has 0 amide bonds. The lowest BCUT2D eigenvalue weighted by molar-refractivity contribution is -0.129. The Morgan fingerprint density at radius 3 is 2.41 bits per heavy atom. The Hall–Kier alpha value is -0.410. The molecule has 0 aromatic heterocycles.